The molecule has 1 aliphatic heterocycles. The van der Waals surface area contributed by atoms with E-state index in [0.29, 0.717) is 0 Å². The molecule has 0 aromatic heterocycles. The Morgan fingerprint density at radius 3 is 2.60 bits per heavy atom. The van der Waals surface area contributed by atoms with E-state index in [-0.39, 0.29) is 0 Å². The van der Waals surface area contributed by atoms with Gasteiger partial charge in [-0.05, 0) is 34.9 Å². The summed E-state index contributed by atoms with van der Waals surface area (Å²) < 4.78 is 10.7. The van der Waals surface area contributed by atoms with Gasteiger partial charge in [0.25, 0.3) is 0 Å². The molecule has 0 amide bonds. The van der Waals surface area contributed by atoms with Gasteiger partial charge < -0.3 is 14.8 Å². The maximum Gasteiger partial charge on any atom is 0.122 e. The molecular formula is C17H19NO2. The second kappa shape index (κ2) is 5.97. The molecule has 1 heterocycles. The standard InChI is InChI=1S/C17H19NO2/c1-19-16-5-2-13(3-6-16)11-18-12-14-4-7-17-15(10-14)8-9-20-17/h2-7,10,18H,8-9,11-12H2,1H3. The predicted octanol–water partition coefficient (Wildman–Crippen LogP) is 2.92. The van der Waals surface area contributed by atoms with Crippen LogP contribution >= 0.6 is 0 Å². The molecule has 3 heteroatoms. The highest BCUT2D eigenvalue weighted by atomic mass is 16.5. The molecule has 2 aromatic rings. The Balaban J connectivity index is 1.54. The molecule has 0 aliphatic carbocycles. The summed E-state index contributed by atoms with van der Waals surface area (Å²) in [4.78, 5) is 0. The maximum atomic E-state index is 5.52. The van der Waals surface area contributed by atoms with Crippen LogP contribution in [0.1, 0.15) is 16.7 Å². The summed E-state index contributed by atoms with van der Waals surface area (Å²) in [6.45, 7) is 2.55. The first kappa shape index (κ1) is 13.0. The third-order valence-electron chi connectivity index (χ3n) is 3.57. The van der Waals surface area contributed by atoms with E-state index < -0.39 is 0 Å². The largest absolute Gasteiger partial charge is 0.497 e. The minimum Gasteiger partial charge on any atom is -0.497 e. The smallest absolute Gasteiger partial charge is 0.122 e. The van der Waals surface area contributed by atoms with Crippen molar-refractivity contribution in [2.24, 2.45) is 0 Å². The lowest BCUT2D eigenvalue weighted by molar-refractivity contribution is 0.357. The molecular weight excluding hydrogens is 250 g/mol. The van der Waals surface area contributed by atoms with Crippen LogP contribution in [-0.2, 0) is 19.5 Å². The van der Waals surface area contributed by atoms with E-state index in [2.05, 4.69) is 35.6 Å². The van der Waals surface area contributed by atoms with Crippen LogP contribution in [0.2, 0.25) is 0 Å². The number of hydrogen-bond donors (Lipinski definition) is 1. The van der Waals surface area contributed by atoms with E-state index in [9.17, 15) is 0 Å². The minimum absolute atomic E-state index is 0.818. The quantitative estimate of drug-likeness (QED) is 0.905. The molecule has 20 heavy (non-hydrogen) atoms. The van der Waals surface area contributed by atoms with Crippen LogP contribution in [0.4, 0.5) is 0 Å². The topological polar surface area (TPSA) is 30.5 Å². The molecule has 0 spiro atoms. The third-order valence-corrected chi connectivity index (χ3v) is 3.57. The van der Waals surface area contributed by atoms with Gasteiger partial charge in [-0.1, -0.05) is 24.3 Å². The fourth-order valence-electron chi connectivity index (χ4n) is 2.44. The minimum atomic E-state index is 0.818. The number of ether oxygens (including phenoxy) is 2. The monoisotopic (exact) mass is 269 g/mol. The lowest BCUT2D eigenvalue weighted by Crippen LogP contribution is -2.12. The van der Waals surface area contributed by atoms with Gasteiger partial charge in [0, 0.05) is 19.5 Å². The van der Waals surface area contributed by atoms with Crippen molar-refractivity contribution in [3.05, 3.63) is 59.2 Å². The van der Waals surface area contributed by atoms with Crippen molar-refractivity contribution in [1.29, 1.82) is 0 Å². The van der Waals surface area contributed by atoms with Gasteiger partial charge in [0.1, 0.15) is 11.5 Å². The summed E-state index contributed by atoms with van der Waals surface area (Å²) in [5.41, 5.74) is 3.90. The second-order valence-corrected chi connectivity index (χ2v) is 4.99. The van der Waals surface area contributed by atoms with Crippen LogP contribution in [0.15, 0.2) is 42.5 Å². The van der Waals surface area contributed by atoms with Crippen molar-refractivity contribution < 1.29 is 9.47 Å². The average molecular weight is 269 g/mol. The van der Waals surface area contributed by atoms with E-state index in [1.165, 1.54) is 16.7 Å². The van der Waals surface area contributed by atoms with Gasteiger partial charge in [0.15, 0.2) is 0 Å². The highest BCUT2D eigenvalue weighted by molar-refractivity contribution is 5.39. The van der Waals surface area contributed by atoms with E-state index >= 15 is 0 Å². The summed E-state index contributed by atoms with van der Waals surface area (Å²) >= 11 is 0. The Morgan fingerprint density at radius 2 is 1.80 bits per heavy atom. The maximum absolute atomic E-state index is 5.52. The third kappa shape index (κ3) is 2.94. The van der Waals surface area contributed by atoms with Gasteiger partial charge in [-0.25, -0.2) is 0 Å². The van der Waals surface area contributed by atoms with Crippen LogP contribution in [0.25, 0.3) is 0 Å². The number of fused-ring (bicyclic) bond motifs is 1. The molecule has 104 valence electrons. The van der Waals surface area contributed by atoms with Gasteiger partial charge in [-0.15, -0.1) is 0 Å². The lowest BCUT2D eigenvalue weighted by Gasteiger charge is -2.07. The first-order valence-electron chi connectivity index (χ1n) is 6.93. The summed E-state index contributed by atoms with van der Waals surface area (Å²) in [6.07, 6.45) is 1.03. The van der Waals surface area contributed by atoms with Gasteiger partial charge in [-0.3, -0.25) is 0 Å². The molecule has 0 saturated heterocycles. The van der Waals surface area contributed by atoms with Gasteiger partial charge in [0.05, 0.1) is 13.7 Å². The van der Waals surface area contributed by atoms with Crippen LogP contribution in [0.3, 0.4) is 0 Å². The molecule has 0 radical (unpaired) electrons. The van der Waals surface area contributed by atoms with Gasteiger partial charge >= 0.3 is 0 Å². The first-order chi connectivity index (χ1) is 9.85. The summed E-state index contributed by atoms with van der Waals surface area (Å²) in [5.74, 6) is 1.94. The number of benzene rings is 2. The fourth-order valence-corrected chi connectivity index (χ4v) is 2.44. The van der Waals surface area contributed by atoms with E-state index in [4.69, 9.17) is 9.47 Å². The van der Waals surface area contributed by atoms with Crippen molar-refractivity contribution in [3.8, 4) is 11.5 Å². The Hall–Kier alpha value is -2.00. The first-order valence-corrected chi connectivity index (χ1v) is 6.93. The molecule has 3 nitrogen and oxygen atoms in total. The Kier molecular flexibility index (Phi) is 3.88. The second-order valence-electron chi connectivity index (χ2n) is 4.99. The number of methoxy groups -OCH3 is 1. The van der Waals surface area contributed by atoms with Crippen LogP contribution in [0, 0.1) is 0 Å². The predicted molar refractivity (Wildman–Crippen MR) is 79.2 cm³/mol. The van der Waals surface area contributed by atoms with Crippen molar-refractivity contribution in [2.45, 2.75) is 19.5 Å². The molecule has 2 aromatic carbocycles. The van der Waals surface area contributed by atoms with Gasteiger partial charge in [-0.2, -0.15) is 0 Å². The highest BCUT2D eigenvalue weighted by Crippen LogP contribution is 2.25. The zero-order valence-corrected chi connectivity index (χ0v) is 11.7. The van der Waals surface area contributed by atoms with E-state index in [0.717, 1.165) is 37.6 Å². The molecule has 1 aliphatic rings. The zero-order chi connectivity index (χ0) is 13.8. The number of hydrogen-bond acceptors (Lipinski definition) is 3. The average Bonchev–Trinajstić information content (AvgIpc) is 2.95. The summed E-state index contributed by atoms with van der Waals surface area (Å²) in [5, 5.41) is 3.46. The van der Waals surface area contributed by atoms with Crippen LogP contribution in [-0.4, -0.2) is 13.7 Å². The normalized spacial score (nSPS) is 12.8. The molecule has 0 fully saturated rings. The van der Waals surface area contributed by atoms with Crippen LogP contribution in [0.5, 0.6) is 11.5 Å². The molecule has 1 N–H and O–H groups in total. The molecule has 0 saturated carbocycles. The molecule has 0 unspecified atom stereocenters. The van der Waals surface area contributed by atoms with E-state index in [1.54, 1.807) is 7.11 Å². The number of nitrogens with one attached hydrogen (secondary N) is 1. The molecule has 0 atom stereocenters. The molecule has 0 bridgehead atoms. The fraction of sp³-hybridized carbons (Fsp3) is 0.294. The Labute approximate surface area is 119 Å². The van der Waals surface area contributed by atoms with Crippen molar-refractivity contribution in [1.82, 2.24) is 5.32 Å². The molecule has 3 rings (SSSR count). The van der Waals surface area contributed by atoms with Gasteiger partial charge in [0.2, 0.25) is 0 Å². The Morgan fingerprint density at radius 1 is 1.05 bits per heavy atom. The van der Waals surface area contributed by atoms with E-state index in [1.807, 2.05) is 12.1 Å². The summed E-state index contributed by atoms with van der Waals surface area (Å²) in [7, 11) is 1.69. The van der Waals surface area contributed by atoms with Crippen LogP contribution < -0.4 is 14.8 Å². The summed E-state index contributed by atoms with van der Waals surface area (Å²) in [6, 6.07) is 14.6. The lowest BCUT2D eigenvalue weighted by atomic mass is 10.1. The zero-order valence-electron chi connectivity index (χ0n) is 11.7. The Bertz CT molecular complexity index is 578. The highest BCUT2D eigenvalue weighted by Gasteiger charge is 2.11. The van der Waals surface area contributed by atoms with Crippen molar-refractivity contribution in [3.63, 3.8) is 0 Å². The van der Waals surface area contributed by atoms with Crippen molar-refractivity contribution >= 4 is 0 Å². The van der Waals surface area contributed by atoms with Crippen molar-refractivity contribution in [2.75, 3.05) is 13.7 Å². The SMILES string of the molecule is COc1ccc(CNCc2ccc3c(c2)CCO3)cc1. The number of rotatable bonds is 5.